The summed E-state index contributed by atoms with van der Waals surface area (Å²) in [6.45, 7) is 3.07. The first-order valence-electron chi connectivity index (χ1n) is 8.79. The van der Waals surface area contributed by atoms with Crippen molar-refractivity contribution in [2.24, 2.45) is 4.99 Å². The molecule has 4 nitrogen and oxygen atoms in total. The molecule has 5 heteroatoms. The van der Waals surface area contributed by atoms with Crippen molar-refractivity contribution in [1.82, 2.24) is 4.90 Å². The van der Waals surface area contributed by atoms with Gasteiger partial charge in [0.25, 0.3) is 0 Å². The van der Waals surface area contributed by atoms with E-state index in [2.05, 4.69) is 46.2 Å². The fourth-order valence-corrected chi connectivity index (χ4v) is 4.52. The van der Waals surface area contributed by atoms with Crippen LogP contribution in [0.5, 0.6) is 5.75 Å². The number of para-hydroxylation sites is 1. The molecule has 3 heterocycles. The number of rotatable bonds is 1. The van der Waals surface area contributed by atoms with E-state index in [4.69, 9.17) is 4.99 Å². The number of hydrogen-bond donors (Lipinski definition) is 1. The lowest BCUT2D eigenvalue weighted by atomic mass is 9.92. The molecule has 1 saturated heterocycles. The summed E-state index contributed by atoms with van der Waals surface area (Å²) in [6, 6.07) is 16.4. The number of halogens is 1. The van der Waals surface area contributed by atoms with E-state index in [1.807, 2.05) is 0 Å². The molecule has 0 aromatic heterocycles. The Morgan fingerprint density at radius 3 is 2.60 bits per heavy atom. The van der Waals surface area contributed by atoms with E-state index >= 15 is 0 Å². The van der Waals surface area contributed by atoms with E-state index in [1.54, 1.807) is 12.1 Å². The molecule has 0 spiro atoms. The summed E-state index contributed by atoms with van der Waals surface area (Å²) in [5, 5.41) is 9.61. The Bertz CT molecular complexity index is 805. The number of amidine groups is 1. The largest absolute Gasteiger partial charge is 0.508 e. The Morgan fingerprint density at radius 2 is 1.76 bits per heavy atom. The van der Waals surface area contributed by atoms with Crippen molar-refractivity contribution < 1.29 is 5.11 Å². The highest BCUT2D eigenvalue weighted by Gasteiger charge is 2.45. The molecule has 3 aliphatic heterocycles. The van der Waals surface area contributed by atoms with E-state index in [0.29, 0.717) is 17.8 Å². The minimum absolute atomic E-state index is 0. The van der Waals surface area contributed by atoms with Gasteiger partial charge in [-0.2, -0.15) is 0 Å². The van der Waals surface area contributed by atoms with Crippen LogP contribution in [0.15, 0.2) is 53.5 Å². The molecule has 2 aromatic carbocycles. The molecule has 0 aliphatic carbocycles. The number of phenols is 1. The molecule has 0 saturated carbocycles. The maximum absolute atomic E-state index is 9.61. The summed E-state index contributed by atoms with van der Waals surface area (Å²) < 4.78 is 0. The van der Waals surface area contributed by atoms with Crippen LogP contribution >= 0.6 is 12.4 Å². The maximum Gasteiger partial charge on any atom is 0.134 e. The van der Waals surface area contributed by atoms with Gasteiger partial charge in [0, 0.05) is 36.8 Å². The lowest BCUT2D eigenvalue weighted by Gasteiger charge is -2.47. The third-order valence-corrected chi connectivity index (χ3v) is 5.55. The quantitative estimate of drug-likeness (QED) is 0.849. The van der Waals surface area contributed by atoms with Crippen molar-refractivity contribution >= 4 is 23.9 Å². The van der Waals surface area contributed by atoms with Crippen LogP contribution in [0.3, 0.4) is 0 Å². The van der Waals surface area contributed by atoms with Crippen molar-refractivity contribution in [2.75, 3.05) is 24.5 Å². The standard InChI is InChI=1S/C20H21N3O.ClH/c24-15-8-6-14(7-9-15)16-10-13-22-18-5-2-1-4-17(18)19-21-11-3-12-23(19)20(16)22;/h1-2,4-9,16,20,24H,3,10-13H2;1H. The minimum atomic E-state index is 0. The van der Waals surface area contributed by atoms with Crippen molar-refractivity contribution in [2.45, 2.75) is 24.9 Å². The van der Waals surface area contributed by atoms with Gasteiger partial charge in [0.05, 0.1) is 0 Å². The second-order valence-corrected chi connectivity index (χ2v) is 6.86. The van der Waals surface area contributed by atoms with Crippen LogP contribution in [-0.4, -0.2) is 41.6 Å². The van der Waals surface area contributed by atoms with Crippen LogP contribution < -0.4 is 4.90 Å². The zero-order chi connectivity index (χ0) is 16.1. The number of benzene rings is 2. The number of hydrogen-bond acceptors (Lipinski definition) is 4. The van der Waals surface area contributed by atoms with Gasteiger partial charge in [-0.3, -0.25) is 4.99 Å². The molecular formula is C20H22ClN3O. The number of anilines is 1. The third-order valence-electron chi connectivity index (χ3n) is 5.55. The van der Waals surface area contributed by atoms with Crippen LogP contribution in [0.1, 0.15) is 29.9 Å². The molecule has 1 N–H and O–H groups in total. The molecule has 130 valence electrons. The van der Waals surface area contributed by atoms with E-state index in [0.717, 1.165) is 32.5 Å². The van der Waals surface area contributed by atoms with Gasteiger partial charge >= 0.3 is 0 Å². The summed E-state index contributed by atoms with van der Waals surface area (Å²) in [7, 11) is 0. The Hall–Kier alpha value is -2.20. The average molecular weight is 356 g/mol. The topological polar surface area (TPSA) is 39.1 Å². The Balaban J connectivity index is 0.00000157. The van der Waals surface area contributed by atoms with E-state index < -0.39 is 0 Å². The summed E-state index contributed by atoms with van der Waals surface area (Å²) in [5.41, 5.74) is 3.91. The normalized spacial score (nSPS) is 23.9. The Kier molecular flexibility index (Phi) is 4.08. The highest BCUT2D eigenvalue weighted by Crippen LogP contribution is 2.44. The van der Waals surface area contributed by atoms with Crippen LogP contribution in [0.4, 0.5) is 5.69 Å². The van der Waals surface area contributed by atoms with Crippen LogP contribution in [0, 0.1) is 0 Å². The fraction of sp³-hybridized carbons (Fsp3) is 0.350. The van der Waals surface area contributed by atoms with Crippen LogP contribution in [-0.2, 0) is 0 Å². The number of fused-ring (bicyclic) bond motifs is 6. The predicted molar refractivity (Wildman–Crippen MR) is 103 cm³/mol. The van der Waals surface area contributed by atoms with Gasteiger partial charge < -0.3 is 14.9 Å². The summed E-state index contributed by atoms with van der Waals surface area (Å²) in [6.07, 6.45) is 2.59. The molecule has 2 unspecified atom stereocenters. The van der Waals surface area contributed by atoms with Crippen molar-refractivity contribution in [1.29, 1.82) is 0 Å². The van der Waals surface area contributed by atoms with Gasteiger partial charge in [-0.1, -0.05) is 24.3 Å². The first-order valence-corrected chi connectivity index (χ1v) is 8.79. The van der Waals surface area contributed by atoms with Gasteiger partial charge in [0.1, 0.15) is 17.8 Å². The Labute approximate surface area is 154 Å². The van der Waals surface area contributed by atoms with Gasteiger partial charge in [-0.15, -0.1) is 12.4 Å². The van der Waals surface area contributed by atoms with Crippen molar-refractivity contribution in [3.8, 4) is 5.75 Å². The van der Waals surface area contributed by atoms with Gasteiger partial charge in [0.15, 0.2) is 0 Å². The summed E-state index contributed by atoms with van der Waals surface area (Å²) in [4.78, 5) is 9.93. The zero-order valence-corrected chi connectivity index (χ0v) is 14.8. The highest BCUT2D eigenvalue weighted by molar-refractivity contribution is 6.06. The first kappa shape index (κ1) is 16.3. The highest BCUT2D eigenvalue weighted by atomic mass is 35.5. The third kappa shape index (κ3) is 2.47. The molecule has 5 rings (SSSR count). The molecule has 0 amide bonds. The van der Waals surface area contributed by atoms with E-state index in [9.17, 15) is 5.11 Å². The van der Waals surface area contributed by atoms with E-state index in [-0.39, 0.29) is 12.4 Å². The molecular weight excluding hydrogens is 334 g/mol. The summed E-state index contributed by atoms with van der Waals surface area (Å²) >= 11 is 0. The molecule has 2 aromatic rings. The predicted octanol–water partition coefficient (Wildman–Crippen LogP) is 3.60. The smallest absolute Gasteiger partial charge is 0.134 e. The lowest BCUT2D eigenvalue weighted by Crippen LogP contribution is -2.56. The zero-order valence-electron chi connectivity index (χ0n) is 14.0. The van der Waals surface area contributed by atoms with Gasteiger partial charge in [0.2, 0.25) is 0 Å². The monoisotopic (exact) mass is 355 g/mol. The number of nitrogens with zero attached hydrogens (tertiary/aromatic N) is 3. The number of aromatic hydroxyl groups is 1. The lowest BCUT2D eigenvalue weighted by molar-refractivity contribution is 0.275. The van der Waals surface area contributed by atoms with Gasteiger partial charge in [-0.25, -0.2) is 0 Å². The summed E-state index contributed by atoms with van der Waals surface area (Å²) in [5.74, 6) is 1.95. The Morgan fingerprint density at radius 1 is 0.960 bits per heavy atom. The van der Waals surface area contributed by atoms with Gasteiger partial charge in [-0.05, 0) is 42.7 Å². The van der Waals surface area contributed by atoms with E-state index in [1.165, 1.54) is 22.6 Å². The molecule has 0 radical (unpaired) electrons. The number of phenolic OH excluding ortho intramolecular Hbond substituents is 1. The number of aliphatic imine (C=N–C) groups is 1. The molecule has 0 bridgehead atoms. The molecule has 25 heavy (non-hydrogen) atoms. The van der Waals surface area contributed by atoms with Crippen molar-refractivity contribution in [3.63, 3.8) is 0 Å². The average Bonchev–Trinajstić information content (AvgIpc) is 3.08. The second-order valence-electron chi connectivity index (χ2n) is 6.86. The van der Waals surface area contributed by atoms with Crippen LogP contribution in [0.25, 0.3) is 0 Å². The molecule has 3 aliphatic rings. The second kappa shape index (κ2) is 6.26. The first-order chi connectivity index (χ1) is 11.8. The van der Waals surface area contributed by atoms with Crippen molar-refractivity contribution in [3.05, 3.63) is 59.7 Å². The molecule has 1 fully saturated rings. The molecule has 2 atom stereocenters. The maximum atomic E-state index is 9.61. The van der Waals surface area contributed by atoms with Crippen LogP contribution in [0.2, 0.25) is 0 Å². The SMILES string of the molecule is Cl.Oc1ccc(C2CCN3c4ccccc4C4=NCCCN4C23)cc1. The fourth-order valence-electron chi connectivity index (χ4n) is 4.52. The minimum Gasteiger partial charge on any atom is -0.508 e.